The third-order valence-electron chi connectivity index (χ3n) is 4.74. The lowest BCUT2D eigenvalue weighted by Gasteiger charge is -2.13. The predicted molar refractivity (Wildman–Crippen MR) is 119 cm³/mol. The Hall–Kier alpha value is -3.73. The molecule has 0 aliphatic carbocycles. The second kappa shape index (κ2) is 9.18. The highest BCUT2D eigenvalue weighted by Gasteiger charge is 2.16. The average Bonchev–Trinajstić information content (AvgIpc) is 2.73. The summed E-state index contributed by atoms with van der Waals surface area (Å²) in [4.78, 5) is 0. The molecular formula is C25H25NO4. The van der Waals surface area contributed by atoms with Gasteiger partial charge in [0, 0.05) is 17.4 Å². The van der Waals surface area contributed by atoms with Crippen LogP contribution in [0.25, 0.3) is 11.3 Å². The van der Waals surface area contributed by atoms with E-state index in [0.717, 1.165) is 5.56 Å². The summed E-state index contributed by atoms with van der Waals surface area (Å²) in [6.45, 7) is 3.99. The van der Waals surface area contributed by atoms with Crippen molar-refractivity contribution in [1.29, 1.82) is 5.41 Å². The van der Waals surface area contributed by atoms with Crippen molar-refractivity contribution >= 4 is 17.0 Å². The van der Waals surface area contributed by atoms with Crippen molar-refractivity contribution in [2.24, 2.45) is 0 Å². The molecule has 5 heteroatoms. The van der Waals surface area contributed by atoms with Crippen LogP contribution in [-0.2, 0) is 6.61 Å². The van der Waals surface area contributed by atoms with Gasteiger partial charge in [0.25, 0.3) is 0 Å². The van der Waals surface area contributed by atoms with Crippen LogP contribution in [0.5, 0.6) is 17.2 Å². The van der Waals surface area contributed by atoms with Crippen molar-refractivity contribution < 1.29 is 19.7 Å². The fourth-order valence-electron chi connectivity index (χ4n) is 3.08. The van der Waals surface area contributed by atoms with E-state index in [4.69, 9.17) is 14.9 Å². The first-order valence-corrected chi connectivity index (χ1v) is 9.54. The molecule has 0 radical (unpaired) electrons. The van der Waals surface area contributed by atoms with Gasteiger partial charge in [0.1, 0.15) is 29.6 Å². The van der Waals surface area contributed by atoms with Crippen molar-refractivity contribution in [3.8, 4) is 17.2 Å². The first-order chi connectivity index (χ1) is 14.4. The lowest BCUT2D eigenvalue weighted by molar-refractivity contribution is 0.304. The summed E-state index contributed by atoms with van der Waals surface area (Å²) < 4.78 is 10.9. The molecule has 0 saturated heterocycles. The van der Waals surface area contributed by atoms with Crippen LogP contribution in [0, 0.1) is 12.3 Å². The maximum atomic E-state index is 10.8. The Balaban J connectivity index is 1.87. The van der Waals surface area contributed by atoms with E-state index in [1.54, 1.807) is 50.4 Å². The number of hydrogen-bond acceptors (Lipinski definition) is 5. The smallest absolute Gasteiger partial charge is 0.136 e. The molecule has 154 valence electrons. The minimum absolute atomic E-state index is 0.124. The minimum Gasteiger partial charge on any atom is -0.507 e. The first-order valence-electron chi connectivity index (χ1n) is 9.54. The molecule has 0 amide bonds. The number of benzene rings is 3. The zero-order valence-electron chi connectivity index (χ0n) is 17.3. The monoisotopic (exact) mass is 403 g/mol. The number of rotatable bonds is 7. The number of allylic oxidation sites excluding steroid dienone is 1. The second-order valence-electron chi connectivity index (χ2n) is 7.03. The molecule has 0 bridgehead atoms. The Morgan fingerprint density at radius 3 is 2.13 bits per heavy atom. The van der Waals surface area contributed by atoms with Crippen LogP contribution in [0.4, 0.5) is 0 Å². The molecule has 0 atom stereocenters. The van der Waals surface area contributed by atoms with Gasteiger partial charge in [-0.2, -0.15) is 0 Å². The molecule has 0 aromatic heterocycles. The van der Waals surface area contributed by atoms with Crippen LogP contribution < -0.4 is 9.47 Å². The van der Waals surface area contributed by atoms with Gasteiger partial charge >= 0.3 is 0 Å². The van der Waals surface area contributed by atoms with E-state index in [9.17, 15) is 10.2 Å². The lowest BCUT2D eigenvalue weighted by atomic mass is 9.97. The third kappa shape index (κ3) is 4.81. The summed E-state index contributed by atoms with van der Waals surface area (Å²) in [6, 6.07) is 19.8. The number of nitrogens with one attached hydrogen (secondary N) is 1. The molecule has 0 spiro atoms. The highest BCUT2D eigenvalue weighted by Crippen LogP contribution is 2.33. The molecule has 0 unspecified atom stereocenters. The maximum Gasteiger partial charge on any atom is 0.136 e. The number of aromatic hydroxyl groups is 1. The summed E-state index contributed by atoms with van der Waals surface area (Å²) in [5.74, 6) is 0.872. The van der Waals surface area contributed by atoms with Crippen LogP contribution in [0.3, 0.4) is 0 Å². The maximum absolute atomic E-state index is 10.8. The van der Waals surface area contributed by atoms with Gasteiger partial charge in [0.15, 0.2) is 0 Å². The van der Waals surface area contributed by atoms with Gasteiger partial charge in [-0.25, -0.2) is 0 Å². The SMILES string of the molecule is COc1ccc(/C(C(C)=N)=C(/O)c2ccc(OCc3ccc(C)cc3)cc2O)cc1. The second-order valence-corrected chi connectivity index (χ2v) is 7.03. The van der Waals surface area contributed by atoms with Crippen molar-refractivity contribution in [3.05, 3.63) is 89.0 Å². The zero-order chi connectivity index (χ0) is 21.7. The number of aryl methyl sites for hydroxylation is 1. The van der Waals surface area contributed by atoms with Crippen molar-refractivity contribution in [2.75, 3.05) is 7.11 Å². The summed E-state index contributed by atoms with van der Waals surface area (Å²) >= 11 is 0. The molecule has 30 heavy (non-hydrogen) atoms. The predicted octanol–water partition coefficient (Wildman–Crippen LogP) is 5.75. The van der Waals surface area contributed by atoms with Gasteiger partial charge < -0.3 is 25.1 Å². The van der Waals surface area contributed by atoms with Gasteiger partial charge in [0.2, 0.25) is 0 Å². The summed E-state index contributed by atoms with van der Waals surface area (Å²) in [5, 5.41) is 29.4. The average molecular weight is 403 g/mol. The molecule has 5 nitrogen and oxygen atoms in total. The molecule has 0 heterocycles. The van der Waals surface area contributed by atoms with E-state index >= 15 is 0 Å². The van der Waals surface area contributed by atoms with Gasteiger partial charge in [-0.15, -0.1) is 0 Å². The number of hydrogen-bond donors (Lipinski definition) is 3. The van der Waals surface area contributed by atoms with Gasteiger partial charge in [0.05, 0.1) is 12.7 Å². The van der Waals surface area contributed by atoms with E-state index in [2.05, 4.69) is 0 Å². The quantitative estimate of drug-likeness (QED) is 0.266. The highest BCUT2D eigenvalue weighted by atomic mass is 16.5. The number of methoxy groups -OCH3 is 1. The number of aliphatic hydroxyl groups is 1. The molecular weight excluding hydrogens is 378 g/mol. The fraction of sp³-hybridized carbons (Fsp3) is 0.160. The molecule has 3 aromatic rings. The number of ether oxygens (including phenoxy) is 2. The van der Waals surface area contributed by atoms with Crippen molar-refractivity contribution in [2.45, 2.75) is 20.5 Å². The van der Waals surface area contributed by atoms with Gasteiger partial charge in [-0.3, -0.25) is 0 Å². The Kier molecular flexibility index (Phi) is 6.42. The zero-order valence-corrected chi connectivity index (χ0v) is 17.3. The number of phenolic OH excluding ortho intramolecular Hbond substituents is 1. The largest absolute Gasteiger partial charge is 0.507 e. The van der Waals surface area contributed by atoms with Gasteiger partial charge in [-0.1, -0.05) is 42.0 Å². The Labute approximate surface area is 176 Å². The Bertz CT molecular complexity index is 1070. The molecule has 3 N–H and O–H groups in total. The molecule has 0 saturated carbocycles. The van der Waals surface area contributed by atoms with E-state index in [1.165, 1.54) is 11.6 Å². The van der Waals surface area contributed by atoms with Crippen molar-refractivity contribution in [1.82, 2.24) is 0 Å². The van der Waals surface area contributed by atoms with Crippen LogP contribution >= 0.6 is 0 Å². The molecule has 3 aromatic carbocycles. The highest BCUT2D eigenvalue weighted by molar-refractivity contribution is 6.27. The number of phenols is 1. The lowest BCUT2D eigenvalue weighted by Crippen LogP contribution is -2.01. The van der Waals surface area contributed by atoms with E-state index in [0.29, 0.717) is 29.2 Å². The topological polar surface area (TPSA) is 82.8 Å². The summed E-state index contributed by atoms with van der Waals surface area (Å²) in [5.41, 5.74) is 3.60. The van der Waals surface area contributed by atoms with Crippen molar-refractivity contribution in [3.63, 3.8) is 0 Å². The third-order valence-corrected chi connectivity index (χ3v) is 4.74. The van der Waals surface area contributed by atoms with E-state index in [1.807, 2.05) is 31.2 Å². The van der Waals surface area contributed by atoms with Crippen LogP contribution in [0.2, 0.25) is 0 Å². The van der Waals surface area contributed by atoms with E-state index < -0.39 is 0 Å². The summed E-state index contributed by atoms with van der Waals surface area (Å²) in [7, 11) is 1.57. The van der Waals surface area contributed by atoms with Crippen LogP contribution in [0.15, 0.2) is 66.7 Å². The van der Waals surface area contributed by atoms with Crippen LogP contribution in [-0.4, -0.2) is 23.0 Å². The Morgan fingerprint density at radius 1 is 0.933 bits per heavy atom. The Morgan fingerprint density at radius 2 is 1.57 bits per heavy atom. The van der Waals surface area contributed by atoms with Gasteiger partial charge in [-0.05, 0) is 49.2 Å². The number of aliphatic hydroxyl groups excluding tert-OH is 1. The molecule has 0 fully saturated rings. The first kappa shape index (κ1) is 21.0. The fourth-order valence-corrected chi connectivity index (χ4v) is 3.08. The molecule has 3 rings (SSSR count). The van der Waals surface area contributed by atoms with E-state index in [-0.39, 0.29) is 22.8 Å². The standard InChI is InChI=1S/C25H25NO4/c1-16-4-6-18(7-5-16)15-30-21-12-13-22(23(27)14-21)25(28)24(17(2)26)19-8-10-20(29-3)11-9-19/h4-14,26-28H,15H2,1-3H3/b25-24+,26-17?. The minimum atomic E-state index is -0.171. The normalized spacial score (nSPS) is 11.6. The summed E-state index contributed by atoms with van der Waals surface area (Å²) in [6.07, 6.45) is 0. The molecule has 0 aliphatic rings. The molecule has 0 aliphatic heterocycles. The van der Waals surface area contributed by atoms with Crippen LogP contribution in [0.1, 0.15) is 29.2 Å².